The summed E-state index contributed by atoms with van der Waals surface area (Å²) in [5.41, 5.74) is 2.87. The van der Waals surface area contributed by atoms with E-state index in [4.69, 9.17) is 13.9 Å². The van der Waals surface area contributed by atoms with E-state index in [2.05, 4.69) is 15.5 Å². The molecule has 6 rings (SSSR count). The predicted octanol–water partition coefficient (Wildman–Crippen LogP) is 4.76. The number of tetrazole rings is 1. The zero-order valence-electron chi connectivity index (χ0n) is 18.7. The Bertz CT molecular complexity index is 1360. The molecule has 0 bridgehead atoms. The van der Waals surface area contributed by atoms with Crippen molar-refractivity contribution in [1.29, 1.82) is 0 Å². The standard InChI is InChI=1S/C25H22N6O3S/c32-22(16-35-25-26-28-29-30(25)18-8-2-1-3-9-18)31-24(21-12-6-14-34-21)20-11-4-7-17(23(20)27-31)15-19-10-5-13-33-19/h1-3,5-6,8-10,12-15,20,24H,4,7,11,16H2/b17-15+. The highest BCUT2D eigenvalue weighted by atomic mass is 32.2. The van der Waals surface area contributed by atoms with Gasteiger partial charge in [-0.25, -0.2) is 5.01 Å². The lowest BCUT2D eigenvalue weighted by Crippen LogP contribution is -2.32. The predicted molar refractivity (Wildman–Crippen MR) is 130 cm³/mol. The van der Waals surface area contributed by atoms with Gasteiger partial charge in [0.05, 0.1) is 29.7 Å². The molecular formula is C25H22N6O3S. The molecule has 0 spiro atoms. The minimum Gasteiger partial charge on any atom is -0.467 e. The van der Waals surface area contributed by atoms with E-state index in [1.165, 1.54) is 11.8 Å². The van der Waals surface area contributed by atoms with Gasteiger partial charge in [-0.05, 0) is 77.7 Å². The Morgan fingerprint density at radius 2 is 1.94 bits per heavy atom. The summed E-state index contributed by atoms with van der Waals surface area (Å²) in [7, 11) is 0. The molecular weight excluding hydrogens is 464 g/mol. The van der Waals surface area contributed by atoms with Crippen LogP contribution in [-0.2, 0) is 4.79 Å². The fraction of sp³-hybridized carbons (Fsp3) is 0.240. The molecule has 1 aromatic carbocycles. The lowest BCUT2D eigenvalue weighted by atomic mass is 9.79. The minimum atomic E-state index is -0.279. The number of thioether (sulfide) groups is 1. The third-order valence-electron chi connectivity index (χ3n) is 6.22. The van der Waals surface area contributed by atoms with Gasteiger partial charge in [-0.1, -0.05) is 30.0 Å². The maximum atomic E-state index is 13.5. The number of hydrogen-bond acceptors (Lipinski definition) is 8. The number of benzene rings is 1. The van der Waals surface area contributed by atoms with Crippen LogP contribution in [0.4, 0.5) is 0 Å². The third kappa shape index (κ3) is 4.21. The average Bonchev–Trinajstić information content (AvgIpc) is 3.69. The topological polar surface area (TPSA) is 103 Å². The van der Waals surface area contributed by atoms with Crippen molar-refractivity contribution in [3.05, 3.63) is 84.2 Å². The molecule has 1 aliphatic heterocycles. The van der Waals surface area contributed by atoms with Crippen molar-refractivity contribution in [1.82, 2.24) is 25.2 Å². The fourth-order valence-electron chi connectivity index (χ4n) is 4.68. The lowest BCUT2D eigenvalue weighted by Gasteiger charge is -2.27. The lowest BCUT2D eigenvalue weighted by molar-refractivity contribution is -0.131. The average molecular weight is 487 g/mol. The molecule has 35 heavy (non-hydrogen) atoms. The highest BCUT2D eigenvalue weighted by Crippen LogP contribution is 2.44. The molecule has 9 nitrogen and oxygen atoms in total. The second kappa shape index (κ2) is 9.38. The molecule has 1 aliphatic carbocycles. The maximum Gasteiger partial charge on any atom is 0.253 e. The van der Waals surface area contributed by atoms with Crippen LogP contribution in [0.3, 0.4) is 0 Å². The fourth-order valence-corrected chi connectivity index (χ4v) is 5.43. The number of aromatic nitrogens is 4. The third-order valence-corrected chi connectivity index (χ3v) is 7.12. The second-order valence-corrected chi connectivity index (χ2v) is 9.31. The first-order valence-corrected chi connectivity index (χ1v) is 12.4. The largest absolute Gasteiger partial charge is 0.467 e. The molecule has 176 valence electrons. The summed E-state index contributed by atoms with van der Waals surface area (Å²) in [6.07, 6.45) is 8.16. The summed E-state index contributed by atoms with van der Waals surface area (Å²) in [6, 6.07) is 16.9. The quantitative estimate of drug-likeness (QED) is 0.362. The molecule has 10 heteroatoms. The Labute approximate surface area is 205 Å². The molecule has 4 aromatic rings. The van der Waals surface area contributed by atoms with Crippen molar-refractivity contribution in [3.8, 4) is 5.69 Å². The Balaban J connectivity index is 1.27. The number of allylic oxidation sites excluding steroid dienone is 1. The van der Waals surface area contributed by atoms with Gasteiger partial charge in [0.25, 0.3) is 5.91 Å². The molecule has 2 atom stereocenters. The smallest absolute Gasteiger partial charge is 0.253 e. The number of furan rings is 2. The Morgan fingerprint density at radius 3 is 2.74 bits per heavy atom. The highest BCUT2D eigenvalue weighted by molar-refractivity contribution is 7.99. The van der Waals surface area contributed by atoms with Crippen molar-refractivity contribution in [2.45, 2.75) is 30.5 Å². The normalized spacial score (nSPS) is 20.7. The molecule has 0 saturated heterocycles. The van der Waals surface area contributed by atoms with Crippen molar-refractivity contribution in [2.75, 3.05) is 5.75 Å². The van der Waals surface area contributed by atoms with E-state index >= 15 is 0 Å². The number of para-hydroxylation sites is 1. The second-order valence-electron chi connectivity index (χ2n) is 8.37. The number of carbonyl (C=O) groups excluding carboxylic acids is 1. The molecule has 0 N–H and O–H groups in total. The van der Waals surface area contributed by atoms with Gasteiger partial charge in [0.2, 0.25) is 5.16 Å². The molecule has 0 radical (unpaired) electrons. The first-order valence-electron chi connectivity index (χ1n) is 11.4. The molecule has 3 aromatic heterocycles. The SMILES string of the molecule is O=C(CSc1nnnn1-c1ccccc1)N1N=C2/C(=C/c3ccco3)CCCC2C1c1ccco1. The van der Waals surface area contributed by atoms with Crippen LogP contribution in [0, 0.1) is 5.92 Å². The van der Waals surface area contributed by atoms with Crippen LogP contribution < -0.4 is 0 Å². The van der Waals surface area contributed by atoms with E-state index in [-0.39, 0.29) is 23.6 Å². The number of rotatable bonds is 6. The summed E-state index contributed by atoms with van der Waals surface area (Å²) in [4.78, 5) is 13.5. The van der Waals surface area contributed by atoms with Crippen LogP contribution in [0.25, 0.3) is 11.8 Å². The van der Waals surface area contributed by atoms with Crippen molar-refractivity contribution in [2.24, 2.45) is 11.0 Å². The monoisotopic (exact) mass is 486 g/mol. The van der Waals surface area contributed by atoms with Crippen LogP contribution in [0.1, 0.15) is 36.8 Å². The first-order chi connectivity index (χ1) is 17.3. The van der Waals surface area contributed by atoms with Gasteiger partial charge in [-0.2, -0.15) is 9.78 Å². The molecule has 4 heterocycles. The van der Waals surface area contributed by atoms with Crippen LogP contribution in [0.5, 0.6) is 0 Å². The molecule has 1 fully saturated rings. The van der Waals surface area contributed by atoms with Gasteiger partial charge >= 0.3 is 0 Å². The number of hydrazone groups is 1. The van der Waals surface area contributed by atoms with Crippen LogP contribution in [-0.4, -0.2) is 42.6 Å². The first kappa shape index (κ1) is 21.6. The van der Waals surface area contributed by atoms with Gasteiger partial charge in [0, 0.05) is 5.92 Å². The van der Waals surface area contributed by atoms with Gasteiger partial charge in [-0.15, -0.1) is 5.10 Å². The van der Waals surface area contributed by atoms with E-state index in [1.54, 1.807) is 22.2 Å². The number of amides is 1. The Kier molecular flexibility index (Phi) is 5.79. The number of nitrogens with zero attached hydrogens (tertiary/aromatic N) is 6. The Hall–Kier alpha value is -3.92. The highest BCUT2D eigenvalue weighted by Gasteiger charge is 2.45. The summed E-state index contributed by atoms with van der Waals surface area (Å²) in [6.45, 7) is 0. The summed E-state index contributed by atoms with van der Waals surface area (Å²) in [5.74, 6) is 1.61. The van der Waals surface area contributed by atoms with Crippen molar-refractivity contribution >= 4 is 29.5 Å². The number of fused-ring (bicyclic) bond motifs is 1. The number of carbonyl (C=O) groups is 1. The Morgan fingerprint density at radius 1 is 1.09 bits per heavy atom. The maximum absolute atomic E-state index is 13.5. The molecule has 2 aliphatic rings. The van der Waals surface area contributed by atoms with Crippen LogP contribution in [0.15, 0.2) is 91.8 Å². The number of hydrogen-bond donors (Lipinski definition) is 0. The van der Waals surface area contributed by atoms with Gasteiger partial charge in [0.15, 0.2) is 0 Å². The van der Waals surface area contributed by atoms with Gasteiger partial charge < -0.3 is 8.83 Å². The van der Waals surface area contributed by atoms with E-state index in [9.17, 15) is 4.79 Å². The van der Waals surface area contributed by atoms with Crippen LogP contribution >= 0.6 is 11.8 Å². The molecule has 1 amide bonds. The summed E-state index contributed by atoms with van der Waals surface area (Å²) >= 11 is 1.29. The molecule has 1 saturated carbocycles. The van der Waals surface area contributed by atoms with Gasteiger partial charge in [-0.3, -0.25) is 4.79 Å². The van der Waals surface area contributed by atoms with E-state index in [0.29, 0.717) is 5.16 Å². The van der Waals surface area contributed by atoms with E-state index in [1.807, 2.05) is 60.7 Å². The minimum absolute atomic E-state index is 0.0692. The van der Waals surface area contributed by atoms with E-state index in [0.717, 1.165) is 47.8 Å². The summed E-state index contributed by atoms with van der Waals surface area (Å²) < 4.78 is 12.9. The van der Waals surface area contributed by atoms with E-state index < -0.39 is 0 Å². The van der Waals surface area contributed by atoms with Crippen LogP contribution in [0.2, 0.25) is 0 Å². The summed E-state index contributed by atoms with van der Waals surface area (Å²) in [5, 5.41) is 19.0. The zero-order valence-corrected chi connectivity index (χ0v) is 19.5. The molecule has 2 unspecified atom stereocenters. The van der Waals surface area contributed by atoms with Gasteiger partial charge in [0.1, 0.15) is 17.6 Å². The van der Waals surface area contributed by atoms with Crippen molar-refractivity contribution in [3.63, 3.8) is 0 Å². The zero-order chi connectivity index (χ0) is 23.6. The van der Waals surface area contributed by atoms with Crippen molar-refractivity contribution < 1.29 is 13.6 Å².